The average Bonchev–Trinajstić information content (AvgIpc) is 3.04. The van der Waals surface area contributed by atoms with Crippen LogP contribution in [0.15, 0.2) is 59.0 Å². The van der Waals surface area contributed by atoms with Crippen LogP contribution in [0.3, 0.4) is 0 Å². The SMILES string of the molecule is CCc1ccccc1NC(=O)CNC(=O)c1cc2ccccc2o1. The van der Waals surface area contributed by atoms with Crippen LogP contribution in [0.4, 0.5) is 5.69 Å². The van der Waals surface area contributed by atoms with Gasteiger partial charge in [-0.05, 0) is 30.2 Å². The van der Waals surface area contributed by atoms with E-state index >= 15 is 0 Å². The van der Waals surface area contributed by atoms with Crippen molar-refractivity contribution < 1.29 is 14.0 Å². The van der Waals surface area contributed by atoms with Crippen molar-refractivity contribution in [3.63, 3.8) is 0 Å². The summed E-state index contributed by atoms with van der Waals surface area (Å²) < 4.78 is 5.47. The number of para-hydroxylation sites is 2. The second-order valence-electron chi connectivity index (χ2n) is 5.39. The molecule has 0 aliphatic heterocycles. The third-order valence-corrected chi connectivity index (χ3v) is 3.73. The number of fused-ring (bicyclic) bond motifs is 1. The highest BCUT2D eigenvalue weighted by Gasteiger charge is 2.13. The third-order valence-electron chi connectivity index (χ3n) is 3.73. The molecule has 0 aliphatic rings. The first-order chi connectivity index (χ1) is 11.7. The van der Waals surface area contributed by atoms with Gasteiger partial charge in [-0.15, -0.1) is 0 Å². The molecule has 3 aromatic rings. The Bertz CT molecular complexity index is 850. The highest BCUT2D eigenvalue weighted by atomic mass is 16.3. The molecule has 1 heterocycles. The fourth-order valence-corrected chi connectivity index (χ4v) is 2.49. The summed E-state index contributed by atoms with van der Waals surface area (Å²) in [6, 6.07) is 16.6. The van der Waals surface area contributed by atoms with Crippen LogP contribution in [0.2, 0.25) is 0 Å². The van der Waals surface area contributed by atoms with E-state index < -0.39 is 5.91 Å². The van der Waals surface area contributed by atoms with Crippen molar-refractivity contribution >= 4 is 28.5 Å². The molecular formula is C19H18N2O3. The lowest BCUT2D eigenvalue weighted by Crippen LogP contribution is -2.32. The van der Waals surface area contributed by atoms with Crippen molar-refractivity contribution in [2.24, 2.45) is 0 Å². The van der Waals surface area contributed by atoms with Gasteiger partial charge in [0.25, 0.3) is 5.91 Å². The van der Waals surface area contributed by atoms with Crippen LogP contribution in [0.25, 0.3) is 11.0 Å². The summed E-state index contributed by atoms with van der Waals surface area (Å²) in [5.74, 6) is -0.497. The van der Waals surface area contributed by atoms with Gasteiger partial charge in [-0.3, -0.25) is 9.59 Å². The topological polar surface area (TPSA) is 71.3 Å². The number of nitrogens with one attached hydrogen (secondary N) is 2. The predicted octanol–water partition coefficient (Wildman–Crippen LogP) is 3.36. The molecule has 2 N–H and O–H groups in total. The molecule has 0 aliphatic carbocycles. The molecule has 1 aromatic heterocycles. The van der Waals surface area contributed by atoms with Crippen LogP contribution >= 0.6 is 0 Å². The largest absolute Gasteiger partial charge is 0.451 e. The second kappa shape index (κ2) is 7.00. The second-order valence-corrected chi connectivity index (χ2v) is 5.39. The molecule has 24 heavy (non-hydrogen) atoms. The highest BCUT2D eigenvalue weighted by molar-refractivity contribution is 6.00. The zero-order chi connectivity index (χ0) is 16.9. The van der Waals surface area contributed by atoms with Gasteiger partial charge in [0, 0.05) is 11.1 Å². The maximum atomic E-state index is 12.1. The number of amides is 2. The van der Waals surface area contributed by atoms with Crippen LogP contribution in [0, 0.1) is 0 Å². The third kappa shape index (κ3) is 3.46. The number of hydrogen-bond donors (Lipinski definition) is 2. The molecule has 122 valence electrons. The van der Waals surface area contributed by atoms with E-state index in [9.17, 15) is 9.59 Å². The summed E-state index contributed by atoms with van der Waals surface area (Å²) in [4.78, 5) is 24.1. The molecule has 0 spiro atoms. The van der Waals surface area contributed by atoms with Crippen molar-refractivity contribution in [2.75, 3.05) is 11.9 Å². The van der Waals surface area contributed by atoms with Crippen molar-refractivity contribution in [3.8, 4) is 0 Å². The Balaban J connectivity index is 1.60. The van der Waals surface area contributed by atoms with Gasteiger partial charge in [-0.1, -0.05) is 43.3 Å². The quantitative estimate of drug-likeness (QED) is 0.756. The van der Waals surface area contributed by atoms with E-state index in [1.165, 1.54) is 0 Å². The molecule has 0 atom stereocenters. The first-order valence-corrected chi connectivity index (χ1v) is 7.82. The van der Waals surface area contributed by atoms with Gasteiger partial charge < -0.3 is 15.1 Å². The molecule has 0 bridgehead atoms. The van der Waals surface area contributed by atoms with Gasteiger partial charge >= 0.3 is 0 Å². The fourth-order valence-electron chi connectivity index (χ4n) is 2.49. The first-order valence-electron chi connectivity index (χ1n) is 7.82. The van der Waals surface area contributed by atoms with Crippen molar-refractivity contribution in [2.45, 2.75) is 13.3 Å². The number of carbonyl (C=O) groups is 2. The first kappa shape index (κ1) is 15.8. The summed E-state index contributed by atoms with van der Waals surface area (Å²) in [5.41, 5.74) is 2.46. The van der Waals surface area contributed by atoms with Crippen molar-refractivity contribution in [1.82, 2.24) is 5.32 Å². The molecular weight excluding hydrogens is 304 g/mol. The van der Waals surface area contributed by atoms with E-state index in [0.29, 0.717) is 5.58 Å². The summed E-state index contributed by atoms with van der Waals surface area (Å²) in [7, 11) is 0. The molecule has 0 saturated carbocycles. The van der Waals surface area contributed by atoms with Crippen LogP contribution in [0.1, 0.15) is 23.0 Å². The minimum atomic E-state index is -0.412. The number of aryl methyl sites for hydroxylation is 1. The van der Waals surface area contributed by atoms with Gasteiger partial charge in [0.05, 0.1) is 6.54 Å². The monoisotopic (exact) mass is 322 g/mol. The molecule has 2 amide bonds. The van der Waals surface area contributed by atoms with E-state index in [0.717, 1.165) is 23.1 Å². The Morgan fingerprint density at radius 3 is 2.58 bits per heavy atom. The Labute approximate surface area is 139 Å². The van der Waals surface area contributed by atoms with Crippen LogP contribution in [-0.2, 0) is 11.2 Å². The number of furan rings is 1. The van der Waals surface area contributed by atoms with Gasteiger partial charge in [-0.25, -0.2) is 0 Å². The lowest BCUT2D eigenvalue weighted by Gasteiger charge is -2.09. The zero-order valence-electron chi connectivity index (χ0n) is 13.3. The fraction of sp³-hybridized carbons (Fsp3) is 0.158. The number of carbonyl (C=O) groups excluding carboxylic acids is 2. The Morgan fingerprint density at radius 1 is 1.04 bits per heavy atom. The summed E-state index contributed by atoms with van der Waals surface area (Å²) >= 11 is 0. The normalized spacial score (nSPS) is 10.5. The number of rotatable bonds is 5. The van der Waals surface area contributed by atoms with Crippen molar-refractivity contribution in [1.29, 1.82) is 0 Å². The number of anilines is 1. The van der Waals surface area contributed by atoms with Crippen molar-refractivity contribution in [3.05, 3.63) is 65.9 Å². The van der Waals surface area contributed by atoms with Gasteiger partial charge in [-0.2, -0.15) is 0 Å². The summed E-state index contributed by atoms with van der Waals surface area (Å²) in [6.45, 7) is 1.91. The maximum absolute atomic E-state index is 12.1. The summed E-state index contributed by atoms with van der Waals surface area (Å²) in [5, 5.41) is 6.23. The molecule has 5 heteroatoms. The van der Waals surface area contributed by atoms with E-state index in [1.54, 1.807) is 12.1 Å². The van der Waals surface area contributed by atoms with E-state index in [4.69, 9.17) is 4.42 Å². The van der Waals surface area contributed by atoms with E-state index in [2.05, 4.69) is 10.6 Å². The predicted molar refractivity (Wildman–Crippen MR) is 93.0 cm³/mol. The van der Waals surface area contributed by atoms with Crippen LogP contribution in [-0.4, -0.2) is 18.4 Å². The molecule has 0 unspecified atom stereocenters. The lowest BCUT2D eigenvalue weighted by atomic mass is 10.1. The van der Waals surface area contributed by atoms with Gasteiger partial charge in [0.15, 0.2) is 5.76 Å². The molecule has 5 nitrogen and oxygen atoms in total. The minimum absolute atomic E-state index is 0.117. The number of hydrogen-bond acceptors (Lipinski definition) is 3. The number of benzene rings is 2. The lowest BCUT2D eigenvalue weighted by molar-refractivity contribution is -0.115. The Hall–Kier alpha value is -3.08. The standard InChI is InChI=1S/C19H18N2O3/c1-2-13-7-3-5-9-15(13)21-18(22)12-20-19(23)17-11-14-8-4-6-10-16(14)24-17/h3-11H,2,12H2,1H3,(H,20,23)(H,21,22). The average molecular weight is 322 g/mol. The molecule has 0 fully saturated rings. The smallest absolute Gasteiger partial charge is 0.287 e. The van der Waals surface area contributed by atoms with Gasteiger partial charge in [0.2, 0.25) is 5.91 Å². The Kier molecular flexibility index (Phi) is 4.61. The molecule has 2 aromatic carbocycles. The Morgan fingerprint density at radius 2 is 1.79 bits per heavy atom. The minimum Gasteiger partial charge on any atom is -0.451 e. The van der Waals surface area contributed by atoms with Crippen LogP contribution in [0.5, 0.6) is 0 Å². The maximum Gasteiger partial charge on any atom is 0.287 e. The van der Waals surface area contributed by atoms with E-state index in [-0.39, 0.29) is 18.2 Å². The van der Waals surface area contributed by atoms with Crippen LogP contribution < -0.4 is 10.6 Å². The van der Waals surface area contributed by atoms with E-state index in [1.807, 2.05) is 49.4 Å². The van der Waals surface area contributed by atoms with Gasteiger partial charge in [0.1, 0.15) is 5.58 Å². The molecule has 0 saturated heterocycles. The zero-order valence-corrected chi connectivity index (χ0v) is 13.3. The highest BCUT2D eigenvalue weighted by Crippen LogP contribution is 2.18. The molecule has 0 radical (unpaired) electrons. The molecule has 3 rings (SSSR count). The summed E-state index contributed by atoms with van der Waals surface area (Å²) in [6.07, 6.45) is 0.821.